The molecule has 0 bridgehead atoms. The number of fused-ring (bicyclic) bond motifs is 4. The summed E-state index contributed by atoms with van der Waals surface area (Å²) in [6.45, 7) is 2.98. The minimum absolute atomic E-state index is 0.0485. The predicted octanol–water partition coefficient (Wildman–Crippen LogP) is 4.67. The fraction of sp³-hybridized carbons (Fsp3) is 0.241. The average Bonchev–Trinajstić information content (AvgIpc) is 3.27. The third-order valence-electron chi connectivity index (χ3n) is 7.10. The number of carbonyl (C=O) groups excluding carboxylic acids is 1. The summed E-state index contributed by atoms with van der Waals surface area (Å²) in [5.74, 6) is 0.0584. The van der Waals surface area contributed by atoms with Gasteiger partial charge < -0.3 is 24.1 Å². The molecule has 1 atom stereocenters. The molecule has 0 saturated heterocycles. The van der Waals surface area contributed by atoms with E-state index in [1.165, 1.54) is 17.0 Å². The van der Waals surface area contributed by atoms with Crippen LogP contribution in [-0.4, -0.2) is 34.0 Å². The van der Waals surface area contributed by atoms with Crippen molar-refractivity contribution in [2.24, 2.45) is 0 Å². The lowest BCUT2D eigenvalue weighted by atomic mass is 9.88. The molecule has 2 N–H and O–H groups in total. The van der Waals surface area contributed by atoms with E-state index in [1.54, 1.807) is 6.92 Å². The topological polar surface area (TPSA) is 95.8 Å². The van der Waals surface area contributed by atoms with Crippen LogP contribution in [0.15, 0.2) is 69.4 Å². The van der Waals surface area contributed by atoms with Crippen molar-refractivity contribution in [3.8, 4) is 11.5 Å². The van der Waals surface area contributed by atoms with Gasteiger partial charge in [-0.25, -0.2) is 0 Å². The molecule has 4 aromatic rings. The molecule has 4 heterocycles. The van der Waals surface area contributed by atoms with Crippen molar-refractivity contribution in [2.45, 2.75) is 32.2 Å². The van der Waals surface area contributed by atoms with Gasteiger partial charge in [-0.3, -0.25) is 9.59 Å². The Morgan fingerprint density at radius 2 is 1.97 bits per heavy atom. The summed E-state index contributed by atoms with van der Waals surface area (Å²) < 4.78 is 11.8. The molecule has 1 unspecified atom stereocenters. The molecule has 2 aromatic heterocycles. The lowest BCUT2D eigenvalue weighted by Crippen LogP contribution is -2.37. The molecule has 6 rings (SSSR count). The van der Waals surface area contributed by atoms with E-state index in [0.717, 1.165) is 34.5 Å². The minimum atomic E-state index is -0.637. The van der Waals surface area contributed by atoms with E-state index in [0.29, 0.717) is 18.8 Å². The molecule has 2 aliphatic heterocycles. The minimum Gasteiger partial charge on any atom is -0.502 e. The normalized spacial score (nSPS) is 15.6. The van der Waals surface area contributed by atoms with E-state index >= 15 is 0 Å². The number of nitrogens with one attached hydrogen (secondary N) is 1. The molecule has 7 nitrogen and oxygen atoms in total. The number of hydrogen-bond acceptors (Lipinski definition) is 5. The van der Waals surface area contributed by atoms with Crippen molar-refractivity contribution in [1.29, 1.82) is 0 Å². The van der Waals surface area contributed by atoms with Gasteiger partial charge in [0.1, 0.15) is 18.1 Å². The second-order valence-electron chi connectivity index (χ2n) is 9.43. The summed E-state index contributed by atoms with van der Waals surface area (Å²) >= 11 is 0. The van der Waals surface area contributed by atoms with Gasteiger partial charge in [-0.2, -0.15) is 0 Å². The Kier molecular flexibility index (Phi) is 5.40. The number of carbonyl (C=O) groups is 1. The van der Waals surface area contributed by atoms with E-state index in [9.17, 15) is 14.7 Å². The Labute approximate surface area is 207 Å². The van der Waals surface area contributed by atoms with E-state index < -0.39 is 17.1 Å². The van der Waals surface area contributed by atoms with Crippen molar-refractivity contribution in [1.82, 2.24) is 9.88 Å². The molecule has 0 saturated carbocycles. The summed E-state index contributed by atoms with van der Waals surface area (Å²) in [5, 5.41) is 11.8. The highest BCUT2D eigenvalue weighted by molar-refractivity contribution is 5.86. The summed E-state index contributed by atoms with van der Waals surface area (Å²) in [6, 6.07) is 17.1. The van der Waals surface area contributed by atoms with E-state index in [-0.39, 0.29) is 24.7 Å². The number of rotatable bonds is 4. The van der Waals surface area contributed by atoms with Crippen LogP contribution in [0.3, 0.4) is 0 Å². The number of H-pyrrole nitrogens is 1. The molecule has 2 aromatic carbocycles. The average molecular weight is 483 g/mol. The number of aromatic nitrogens is 1. The molecule has 36 heavy (non-hydrogen) atoms. The standard InChI is InChI=1S/C29H26N2O5/c1-17-12-25(32)28(34)29(36-17)22(19-13-18-6-2-5-9-26(18)35-16-19)14-27(33)31-11-10-21-20-7-3-4-8-23(20)30-24(21)15-31/h2-9,12-13,22,30,34H,10-11,14-16H2,1H3. The van der Waals surface area contributed by atoms with Crippen molar-refractivity contribution >= 4 is 22.9 Å². The van der Waals surface area contributed by atoms with E-state index in [2.05, 4.69) is 11.1 Å². The number of nitrogens with zero attached hydrogens (tertiary/aromatic N) is 1. The van der Waals surface area contributed by atoms with Crippen molar-refractivity contribution < 1.29 is 19.1 Å². The first-order valence-corrected chi connectivity index (χ1v) is 12.1. The Morgan fingerprint density at radius 1 is 1.17 bits per heavy atom. The maximum absolute atomic E-state index is 13.6. The number of para-hydroxylation sites is 2. The van der Waals surface area contributed by atoms with Crippen LogP contribution in [0.4, 0.5) is 0 Å². The SMILES string of the molecule is Cc1cc(=O)c(O)c(C(CC(=O)N2CCc3c([nH]c4ccccc34)C2)C2=Cc3ccccc3OC2)o1. The van der Waals surface area contributed by atoms with Gasteiger partial charge in [0.15, 0.2) is 5.76 Å². The molecule has 0 fully saturated rings. The number of aromatic hydroxyl groups is 1. The van der Waals surface area contributed by atoms with Crippen molar-refractivity contribution in [3.63, 3.8) is 0 Å². The van der Waals surface area contributed by atoms with Crippen LogP contribution in [0, 0.1) is 6.92 Å². The highest BCUT2D eigenvalue weighted by Gasteiger charge is 2.32. The van der Waals surface area contributed by atoms with E-state index in [1.807, 2.05) is 53.4 Å². The van der Waals surface area contributed by atoms with Crippen LogP contribution in [0.5, 0.6) is 11.5 Å². The Balaban J connectivity index is 1.34. The van der Waals surface area contributed by atoms with Crippen LogP contribution in [-0.2, 0) is 17.8 Å². The van der Waals surface area contributed by atoms with Crippen molar-refractivity contribution in [3.05, 3.63) is 98.7 Å². The van der Waals surface area contributed by atoms with Gasteiger partial charge in [0.2, 0.25) is 17.1 Å². The zero-order valence-electron chi connectivity index (χ0n) is 19.9. The van der Waals surface area contributed by atoms with Crippen LogP contribution < -0.4 is 10.2 Å². The van der Waals surface area contributed by atoms with Crippen LogP contribution in [0.1, 0.15) is 40.7 Å². The first-order valence-electron chi connectivity index (χ1n) is 12.1. The third kappa shape index (κ3) is 3.86. The molecular formula is C29H26N2O5. The predicted molar refractivity (Wildman–Crippen MR) is 136 cm³/mol. The molecule has 182 valence electrons. The zero-order valence-corrected chi connectivity index (χ0v) is 19.9. The number of benzene rings is 2. The fourth-order valence-electron chi connectivity index (χ4n) is 5.30. The molecule has 1 amide bonds. The summed E-state index contributed by atoms with van der Waals surface area (Å²) in [5.41, 5.74) is 4.51. The lowest BCUT2D eigenvalue weighted by Gasteiger charge is -2.30. The van der Waals surface area contributed by atoms with Crippen LogP contribution in [0.25, 0.3) is 17.0 Å². The fourth-order valence-corrected chi connectivity index (χ4v) is 5.30. The number of ether oxygens (including phenoxy) is 1. The van der Waals surface area contributed by atoms with Gasteiger partial charge >= 0.3 is 0 Å². The Bertz CT molecular complexity index is 1580. The summed E-state index contributed by atoms with van der Waals surface area (Å²) in [7, 11) is 0. The second kappa shape index (κ2) is 8.75. The zero-order chi connectivity index (χ0) is 24.8. The lowest BCUT2D eigenvalue weighted by molar-refractivity contribution is -0.132. The monoisotopic (exact) mass is 482 g/mol. The largest absolute Gasteiger partial charge is 0.502 e. The summed E-state index contributed by atoms with van der Waals surface area (Å²) in [4.78, 5) is 31.3. The molecule has 0 radical (unpaired) electrons. The van der Waals surface area contributed by atoms with Gasteiger partial charge in [0.05, 0.1) is 12.5 Å². The van der Waals surface area contributed by atoms with Gasteiger partial charge in [-0.15, -0.1) is 0 Å². The van der Waals surface area contributed by atoms with Gasteiger partial charge in [-0.1, -0.05) is 36.4 Å². The first kappa shape index (κ1) is 22.2. The van der Waals surface area contributed by atoms with Gasteiger partial charge in [0, 0.05) is 41.2 Å². The quantitative estimate of drug-likeness (QED) is 0.441. The summed E-state index contributed by atoms with van der Waals surface area (Å²) in [6.07, 6.45) is 2.77. The number of amides is 1. The van der Waals surface area contributed by atoms with Gasteiger partial charge in [-0.05, 0) is 42.7 Å². The Morgan fingerprint density at radius 3 is 2.86 bits per heavy atom. The van der Waals surface area contributed by atoms with Crippen LogP contribution in [0.2, 0.25) is 0 Å². The molecule has 0 spiro atoms. The van der Waals surface area contributed by atoms with E-state index in [4.69, 9.17) is 9.15 Å². The maximum Gasteiger partial charge on any atom is 0.227 e. The third-order valence-corrected chi connectivity index (χ3v) is 7.10. The maximum atomic E-state index is 13.6. The van der Waals surface area contributed by atoms with Crippen LogP contribution >= 0.6 is 0 Å². The number of aromatic amines is 1. The molecule has 7 heteroatoms. The molecule has 0 aliphatic carbocycles. The second-order valence-corrected chi connectivity index (χ2v) is 9.43. The first-order chi connectivity index (χ1) is 17.5. The number of aryl methyl sites for hydroxylation is 1. The highest BCUT2D eigenvalue weighted by atomic mass is 16.5. The smallest absolute Gasteiger partial charge is 0.227 e. The Hall–Kier alpha value is -4.26. The highest BCUT2D eigenvalue weighted by Crippen LogP contribution is 2.39. The molecular weight excluding hydrogens is 456 g/mol. The van der Waals surface area contributed by atoms with Gasteiger partial charge in [0.25, 0.3) is 0 Å². The number of hydrogen-bond donors (Lipinski definition) is 2. The molecule has 2 aliphatic rings. The van der Waals surface area contributed by atoms with Crippen molar-refractivity contribution in [2.75, 3.05) is 13.2 Å².